The second kappa shape index (κ2) is 11.9. The SMILES string of the molecule is O=C1CC(c2ccc(CC(NS(=O)(=O)c3cccc(C(F)(F)F)c3)c3ncc(CCc4ccccc4)[nH]3)cc2)S(=O)(=O)N1. The first-order valence-corrected chi connectivity index (χ1v) is 16.2. The molecule has 1 aliphatic rings. The molecular weight excluding hydrogens is 605 g/mol. The van der Waals surface area contributed by atoms with Gasteiger partial charge in [-0.25, -0.2) is 26.5 Å². The molecule has 2 unspecified atom stereocenters. The number of carbonyl (C=O) groups is 1. The van der Waals surface area contributed by atoms with E-state index in [-0.39, 0.29) is 18.7 Å². The number of halogens is 3. The van der Waals surface area contributed by atoms with E-state index >= 15 is 0 Å². The van der Waals surface area contributed by atoms with Crippen molar-refractivity contribution in [3.05, 3.63) is 119 Å². The van der Waals surface area contributed by atoms with Crippen molar-refractivity contribution in [2.45, 2.75) is 48.0 Å². The number of H-pyrrole nitrogens is 1. The molecule has 2 heterocycles. The number of hydrogen-bond donors (Lipinski definition) is 3. The van der Waals surface area contributed by atoms with E-state index in [1.807, 2.05) is 35.1 Å². The van der Waals surface area contributed by atoms with Gasteiger partial charge in [-0.2, -0.15) is 13.2 Å². The van der Waals surface area contributed by atoms with Crippen LogP contribution in [0.15, 0.2) is 90.0 Å². The Labute approximate surface area is 246 Å². The molecule has 1 aliphatic heterocycles. The summed E-state index contributed by atoms with van der Waals surface area (Å²) in [7, 11) is -8.28. The Bertz CT molecular complexity index is 1830. The maximum Gasteiger partial charge on any atom is 0.416 e. The fraction of sp³-hybridized carbons (Fsp3) is 0.241. The summed E-state index contributed by atoms with van der Waals surface area (Å²) in [5.74, 6) is -0.338. The summed E-state index contributed by atoms with van der Waals surface area (Å²) in [6, 6.07) is 18.5. The lowest BCUT2D eigenvalue weighted by atomic mass is 10.0. The number of aromatic amines is 1. The Morgan fingerprint density at radius 1 is 0.953 bits per heavy atom. The molecule has 2 atom stereocenters. The topological polar surface area (TPSA) is 138 Å². The van der Waals surface area contributed by atoms with Crippen LogP contribution in [-0.2, 0) is 50.3 Å². The van der Waals surface area contributed by atoms with E-state index in [4.69, 9.17) is 0 Å². The summed E-state index contributed by atoms with van der Waals surface area (Å²) in [5.41, 5.74) is 1.73. The number of nitrogens with one attached hydrogen (secondary N) is 3. The van der Waals surface area contributed by atoms with Crippen LogP contribution in [-0.4, -0.2) is 32.7 Å². The number of sulfonamides is 2. The quantitative estimate of drug-likeness (QED) is 0.238. The van der Waals surface area contributed by atoms with Gasteiger partial charge in [-0.15, -0.1) is 0 Å². The third kappa shape index (κ3) is 7.32. The lowest BCUT2D eigenvalue weighted by Gasteiger charge is -2.18. The van der Waals surface area contributed by atoms with Crippen molar-refractivity contribution in [2.75, 3.05) is 0 Å². The predicted octanol–water partition coefficient (Wildman–Crippen LogP) is 4.37. The molecule has 0 aliphatic carbocycles. The molecule has 0 bridgehead atoms. The van der Waals surface area contributed by atoms with Gasteiger partial charge >= 0.3 is 6.18 Å². The monoisotopic (exact) mass is 632 g/mol. The molecule has 1 fully saturated rings. The Balaban J connectivity index is 1.41. The highest BCUT2D eigenvalue weighted by Gasteiger charge is 2.38. The molecule has 9 nitrogen and oxygen atoms in total. The fourth-order valence-corrected chi connectivity index (χ4v) is 7.52. The van der Waals surface area contributed by atoms with Gasteiger partial charge in [-0.1, -0.05) is 60.7 Å². The molecule has 3 N–H and O–H groups in total. The normalized spacial score (nSPS) is 17.5. The van der Waals surface area contributed by atoms with Crippen LogP contribution < -0.4 is 9.44 Å². The number of aromatic nitrogens is 2. The molecule has 5 rings (SSSR count). The van der Waals surface area contributed by atoms with Gasteiger partial charge < -0.3 is 4.98 Å². The Kier molecular flexibility index (Phi) is 8.45. The van der Waals surface area contributed by atoms with Gasteiger partial charge in [0, 0.05) is 11.9 Å². The van der Waals surface area contributed by atoms with E-state index in [1.165, 1.54) is 0 Å². The number of alkyl halides is 3. The van der Waals surface area contributed by atoms with Crippen molar-refractivity contribution in [1.82, 2.24) is 19.4 Å². The lowest BCUT2D eigenvalue weighted by Crippen LogP contribution is -2.31. The molecule has 43 heavy (non-hydrogen) atoms. The van der Waals surface area contributed by atoms with Crippen LogP contribution in [0.4, 0.5) is 13.2 Å². The van der Waals surface area contributed by atoms with Gasteiger partial charge in [0.15, 0.2) is 0 Å². The van der Waals surface area contributed by atoms with Gasteiger partial charge in [0.05, 0.1) is 22.9 Å². The first-order chi connectivity index (χ1) is 20.3. The van der Waals surface area contributed by atoms with Crippen LogP contribution in [0.1, 0.15) is 51.5 Å². The lowest BCUT2D eigenvalue weighted by molar-refractivity contribution is -0.137. The zero-order valence-corrected chi connectivity index (χ0v) is 24.1. The highest BCUT2D eigenvalue weighted by atomic mass is 32.2. The molecule has 1 saturated heterocycles. The molecule has 4 aromatic rings. The Hall–Kier alpha value is -4.01. The largest absolute Gasteiger partial charge is 0.416 e. The third-order valence-electron chi connectivity index (χ3n) is 7.07. The zero-order valence-electron chi connectivity index (χ0n) is 22.5. The molecule has 0 saturated carbocycles. The van der Waals surface area contributed by atoms with Crippen molar-refractivity contribution in [3.63, 3.8) is 0 Å². The molecule has 1 amide bonds. The molecular formula is C29H27F3N4O5S2. The minimum atomic E-state index is -4.73. The highest BCUT2D eigenvalue weighted by molar-refractivity contribution is 7.90. The second-order valence-electron chi connectivity index (χ2n) is 10.2. The summed E-state index contributed by atoms with van der Waals surface area (Å²) >= 11 is 0. The summed E-state index contributed by atoms with van der Waals surface area (Å²) in [4.78, 5) is 18.6. The smallest absolute Gasteiger partial charge is 0.345 e. The van der Waals surface area contributed by atoms with Crippen LogP contribution in [0.25, 0.3) is 0 Å². The van der Waals surface area contributed by atoms with Gasteiger partial charge in [0.2, 0.25) is 26.0 Å². The molecule has 3 aromatic carbocycles. The number of aryl methyl sites for hydroxylation is 2. The summed E-state index contributed by atoms with van der Waals surface area (Å²) in [6.07, 6.45) is -2.03. The van der Waals surface area contributed by atoms with Crippen LogP contribution in [0, 0.1) is 0 Å². The van der Waals surface area contributed by atoms with Crippen molar-refractivity contribution in [1.29, 1.82) is 0 Å². The fourth-order valence-electron chi connectivity index (χ4n) is 4.84. The highest BCUT2D eigenvalue weighted by Crippen LogP contribution is 2.32. The van der Waals surface area contributed by atoms with Gasteiger partial charge in [-0.05, 0) is 54.2 Å². The Morgan fingerprint density at radius 3 is 2.33 bits per heavy atom. The first kappa shape index (κ1) is 30.4. The van der Waals surface area contributed by atoms with Gasteiger partial charge in [0.1, 0.15) is 11.1 Å². The van der Waals surface area contributed by atoms with E-state index in [1.54, 1.807) is 30.5 Å². The average molecular weight is 633 g/mol. The van der Waals surface area contributed by atoms with Crippen molar-refractivity contribution < 1.29 is 34.8 Å². The number of amides is 1. The molecule has 1 aromatic heterocycles. The summed E-state index contributed by atoms with van der Waals surface area (Å²) in [6.45, 7) is 0. The molecule has 0 spiro atoms. The van der Waals surface area contributed by atoms with Crippen molar-refractivity contribution in [3.8, 4) is 0 Å². The van der Waals surface area contributed by atoms with Crippen LogP contribution >= 0.6 is 0 Å². The van der Waals surface area contributed by atoms with E-state index in [0.717, 1.165) is 29.5 Å². The van der Waals surface area contributed by atoms with E-state index < -0.39 is 53.9 Å². The van der Waals surface area contributed by atoms with E-state index in [9.17, 15) is 34.8 Å². The zero-order chi connectivity index (χ0) is 30.8. The van der Waals surface area contributed by atoms with Gasteiger partial charge in [0.25, 0.3) is 0 Å². The standard InChI is InChI=1S/C29H27F3N4O5S2/c30-29(31,32)22-7-4-8-24(16-22)42(38,39)35-25(28-33-18-23(34-28)14-11-19-5-2-1-3-6-19)15-20-9-12-21(13-10-20)26-17-27(37)36-43(26,40)41/h1-10,12-13,16,18,25-26,35H,11,14-15,17H2,(H,33,34)(H,36,37). The number of hydrogen-bond acceptors (Lipinski definition) is 6. The maximum absolute atomic E-state index is 13.3. The molecule has 14 heteroatoms. The number of imidazole rings is 1. The number of carbonyl (C=O) groups excluding carboxylic acids is 1. The summed E-state index contributed by atoms with van der Waals surface area (Å²) < 4.78 is 95.4. The van der Waals surface area contributed by atoms with Crippen LogP contribution in [0.5, 0.6) is 0 Å². The maximum atomic E-state index is 13.3. The third-order valence-corrected chi connectivity index (χ3v) is 10.2. The molecule has 226 valence electrons. The number of benzene rings is 3. The van der Waals surface area contributed by atoms with Gasteiger partial charge in [-0.3, -0.25) is 9.52 Å². The molecule has 0 radical (unpaired) electrons. The van der Waals surface area contributed by atoms with Crippen LogP contribution in [0.2, 0.25) is 0 Å². The van der Waals surface area contributed by atoms with E-state index in [0.29, 0.717) is 30.0 Å². The number of nitrogens with zero attached hydrogens (tertiary/aromatic N) is 1. The van der Waals surface area contributed by atoms with Crippen LogP contribution in [0.3, 0.4) is 0 Å². The number of rotatable bonds is 10. The van der Waals surface area contributed by atoms with Crippen molar-refractivity contribution in [2.24, 2.45) is 0 Å². The average Bonchev–Trinajstić information content (AvgIpc) is 3.55. The second-order valence-corrected chi connectivity index (χ2v) is 13.8. The Morgan fingerprint density at radius 2 is 1.67 bits per heavy atom. The first-order valence-electron chi connectivity index (χ1n) is 13.2. The van der Waals surface area contributed by atoms with E-state index in [2.05, 4.69) is 14.7 Å². The minimum Gasteiger partial charge on any atom is -0.345 e. The summed E-state index contributed by atoms with van der Waals surface area (Å²) in [5, 5.41) is -1.04. The minimum absolute atomic E-state index is 0.0404. The van der Waals surface area contributed by atoms with Crippen molar-refractivity contribution >= 4 is 26.0 Å². The predicted molar refractivity (Wildman–Crippen MR) is 152 cm³/mol.